The van der Waals surface area contributed by atoms with Gasteiger partial charge in [-0.25, -0.2) is 0 Å². The summed E-state index contributed by atoms with van der Waals surface area (Å²) in [5, 5.41) is 6.77. The monoisotopic (exact) mass is 463 g/mol. The van der Waals surface area contributed by atoms with E-state index in [9.17, 15) is 4.79 Å². The Hall–Kier alpha value is -1.25. The van der Waals surface area contributed by atoms with Crippen molar-refractivity contribution in [1.29, 1.82) is 0 Å². The van der Waals surface area contributed by atoms with Gasteiger partial charge in [0.1, 0.15) is 5.76 Å². The third-order valence-corrected chi connectivity index (χ3v) is 4.24. The normalized spacial score (nSPS) is 20.5. The van der Waals surface area contributed by atoms with Crippen molar-refractivity contribution >= 4 is 35.9 Å². The second-order valence-electron chi connectivity index (χ2n) is 6.03. The first-order valence-electron chi connectivity index (χ1n) is 8.96. The van der Waals surface area contributed by atoms with Crippen LogP contribution in [0.25, 0.3) is 0 Å². The van der Waals surface area contributed by atoms with Crippen LogP contribution < -0.4 is 10.6 Å². The van der Waals surface area contributed by atoms with Crippen molar-refractivity contribution in [1.82, 2.24) is 10.6 Å². The fourth-order valence-corrected chi connectivity index (χ4v) is 2.98. The minimum atomic E-state index is -0.0463. The van der Waals surface area contributed by atoms with Crippen LogP contribution in [0.4, 0.5) is 0 Å². The fourth-order valence-electron chi connectivity index (χ4n) is 2.98. The molecule has 1 aliphatic carbocycles. The molecule has 0 radical (unpaired) electrons. The second kappa shape index (κ2) is 12.2. The summed E-state index contributed by atoms with van der Waals surface area (Å²) < 4.78 is 10.4. The molecule has 7 heteroatoms. The van der Waals surface area contributed by atoms with Crippen LogP contribution in [0.5, 0.6) is 0 Å². The number of hydrogen-bond donors (Lipinski definition) is 2. The molecule has 0 amide bonds. The van der Waals surface area contributed by atoms with Gasteiger partial charge in [0.15, 0.2) is 5.96 Å². The number of nitrogens with zero attached hydrogens (tertiary/aromatic N) is 1. The van der Waals surface area contributed by atoms with Crippen LogP contribution in [0, 0.1) is 5.92 Å². The first-order chi connectivity index (χ1) is 11.7. The molecule has 0 saturated heterocycles. The van der Waals surface area contributed by atoms with Gasteiger partial charge in [0.05, 0.1) is 18.8 Å². The van der Waals surface area contributed by atoms with Gasteiger partial charge >= 0.3 is 5.97 Å². The van der Waals surface area contributed by atoms with Gasteiger partial charge in [-0.3, -0.25) is 9.79 Å². The summed E-state index contributed by atoms with van der Waals surface area (Å²) in [5.74, 6) is 1.80. The topological polar surface area (TPSA) is 75.9 Å². The van der Waals surface area contributed by atoms with Gasteiger partial charge in [0, 0.05) is 25.6 Å². The number of guanidine groups is 1. The molecule has 0 bridgehead atoms. The molecule has 1 saturated carbocycles. The van der Waals surface area contributed by atoms with Crippen LogP contribution in [-0.4, -0.2) is 37.7 Å². The Balaban J connectivity index is 0.00000312. The summed E-state index contributed by atoms with van der Waals surface area (Å²) in [5.41, 5.74) is 0. The summed E-state index contributed by atoms with van der Waals surface area (Å²) in [4.78, 5) is 16.4. The SMILES string of the molecule is CCNC(=NCCc1ccco1)NC1CCC(C(=O)OCC)CC1.I. The van der Waals surface area contributed by atoms with Crippen LogP contribution in [0.3, 0.4) is 0 Å². The van der Waals surface area contributed by atoms with E-state index in [1.807, 2.05) is 19.1 Å². The van der Waals surface area contributed by atoms with Crippen molar-refractivity contribution in [3.63, 3.8) is 0 Å². The maximum Gasteiger partial charge on any atom is 0.308 e. The Bertz CT molecular complexity index is 512. The largest absolute Gasteiger partial charge is 0.469 e. The zero-order valence-corrected chi connectivity index (χ0v) is 17.5. The number of hydrogen-bond acceptors (Lipinski definition) is 4. The Morgan fingerprint density at radius 2 is 2.08 bits per heavy atom. The van der Waals surface area contributed by atoms with E-state index >= 15 is 0 Å². The van der Waals surface area contributed by atoms with E-state index < -0.39 is 0 Å². The molecule has 0 spiro atoms. The second-order valence-corrected chi connectivity index (χ2v) is 6.03. The van der Waals surface area contributed by atoms with Crippen LogP contribution in [0.2, 0.25) is 0 Å². The van der Waals surface area contributed by atoms with Gasteiger partial charge < -0.3 is 19.8 Å². The molecular weight excluding hydrogens is 433 g/mol. The smallest absolute Gasteiger partial charge is 0.308 e. The van der Waals surface area contributed by atoms with Gasteiger partial charge in [-0.1, -0.05) is 0 Å². The van der Waals surface area contributed by atoms with E-state index in [4.69, 9.17) is 9.15 Å². The van der Waals surface area contributed by atoms with E-state index in [1.165, 1.54) is 0 Å². The minimum Gasteiger partial charge on any atom is -0.469 e. The molecule has 0 atom stereocenters. The van der Waals surface area contributed by atoms with Crippen molar-refractivity contribution in [3.8, 4) is 0 Å². The molecule has 2 N–H and O–H groups in total. The predicted octanol–water partition coefficient (Wildman–Crippen LogP) is 3.12. The highest BCUT2D eigenvalue weighted by Crippen LogP contribution is 2.25. The highest BCUT2D eigenvalue weighted by atomic mass is 127. The number of ether oxygens (including phenoxy) is 1. The van der Waals surface area contributed by atoms with Crippen molar-refractivity contribution < 1.29 is 13.9 Å². The quantitative estimate of drug-likeness (QED) is 0.281. The van der Waals surface area contributed by atoms with E-state index in [0.29, 0.717) is 19.2 Å². The summed E-state index contributed by atoms with van der Waals surface area (Å²) in [6.45, 7) is 5.88. The molecular formula is C18H30IN3O3. The fraction of sp³-hybridized carbons (Fsp3) is 0.667. The number of halogens is 1. The Kier molecular flexibility index (Phi) is 10.6. The number of carbonyl (C=O) groups excluding carboxylic acids is 1. The van der Waals surface area contributed by atoms with E-state index in [-0.39, 0.29) is 35.9 Å². The van der Waals surface area contributed by atoms with Crippen LogP contribution in [-0.2, 0) is 16.0 Å². The number of carbonyl (C=O) groups is 1. The first-order valence-corrected chi connectivity index (χ1v) is 8.96. The summed E-state index contributed by atoms with van der Waals surface area (Å²) in [6, 6.07) is 4.22. The molecule has 6 nitrogen and oxygen atoms in total. The lowest BCUT2D eigenvalue weighted by molar-refractivity contribution is -0.149. The van der Waals surface area contributed by atoms with Crippen LogP contribution in [0.15, 0.2) is 27.8 Å². The molecule has 1 fully saturated rings. The lowest BCUT2D eigenvalue weighted by atomic mass is 9.86. The molecule has 1 aliphatic rings. The number of nitrogens with one attached hydrogen (secondary N) is 2. The molecule has 25 heavy (non-hydrogen) atoms. The Morgan fingerprint density at radius 3 is 2.68 bits per heavy atom. The maximum absolute atomic E-state index is 11.8. The molecule has 1 aromatic rings. The number of aliphatic imine (C=N–C) groups is 1. The number of rotatable bonds is 7. The lowest BCUT2D eigenvalue weighted by Crippen LogP contribution is -2.45. The molecule has 1 heterocycles. The summed E-state index contributed by atoms with van der Waals surface area (Å²) in [6.07, 6.45) is 6.16. The molecule has 2 rings (SSSR count). The van der Waals surface area contributed by atoms with Crippen molar-refractivity contribution in [2.45, 2.75) is 52.0 Å². The Morgan fingerprint density at radius 1 is 1.32 bits per heavy atom. The maximum atomic E-state index is 11.8. The third kappa shape index (κ3) is 7.66. The average Bonchev–Trinajstić information content (AvgIpc) is 3.09. The highest BCUT2D eigenvalue weighted by molar-refractivity contribution is 14.0. The third-order valence-electron chi connectivity index (χ3n) is 4.24. The summed E-state index contributed by atoms with van der Waals surface area (Å²) in [7, 11) is 0. The predicted molar refractivity (Wildman–Crippen MR) is 109 cm³/mol. The molecule has 142 valence electrons. The van der Waals surface area contributed by atoms with Gasteiger partial charge in [0.2, 0.25) is 0 Å². The van der Waals surface area contributed by atoms with E-state index in [1.54, 1.807) is 6.26 Å². The van der Waals surface area contributed by atoms with Gasteiger partial charge in [-0.2, -0.15) is 0 Å². The van der Waals surface area contributed by atoms with E-state index in [0.717, 1.165) is 50.4 Å². The molecule has 0 aromatic carbocycles. The van der Waals surface area contributed by atoms with Crippen molar-refractivity contribution in [2.75, 3.05) is 19.7 Å². The van der Waals surface area contributed by atoms with Gasteiger partial charge in [0.25, 0.3) is 0 Å². The number of furan rings is 1. The van der Waals surface area contributed by atoms with E-state index in [2.05, 4.69) is 22.5 Å². The van der Waals surface area contributed by atoms with Crippen LogP contribution in [0.1, 0.15) is 45.3 Å². The van der Waals surface area contributed by atoms with Crippen molar-refractivity contribution in [2.24, 2.45) is 10.9 Å². The zero-order valence-electron chi connectivity index (χ0n) is 15.1. The zero-order chi connectivity index (χ0) is 17.2. The van der Waals surface area contributed by atoms with Gasteiger partial charge in [-0.05, 0) is 51.7 Å². The molecule has 0 unspecified atom stereocenters. The molecule has 0 aliphatic heterocycles. The number of esters is 1. The Labute approximate surface area is 167 Å². The lowest BCUT2D eigenvalue weighted by Gasteiger charge is -2.29. The average molecular weight is 463 g/mol. The first kappa shape index (κ1) is 21.8. The van der Waals surface area contributed by atoms with Gasteiger partial charge in [-0.15, -0.1) is 24.0 Å². The standard InChI is InChI=1S/C18H29N3O3.HI/c1-3-19-18(20-12-11-16-6-5-13-24-16)21-15-9-7-14(8-10-15)17(22)23-4-2;/h5-6,13-15H,3-4,7-12H2,1-2H3,(H2,19,20,21);1H. The molecule has 1 aromatic heterocycles. The minimum absolute atomic E-state index is 0. The van der Waals surface area contributed by atoms with Crippen molar-refractivity contribution in [3.05, 3.63) is 24.2 Å². The van der Waals surface area contributed by atoms with Crippen LogP contribution >= 0.6 is 24.0 Å². The highest BCUT2D eigenvalue weighted by Gasteiger charge is 2.27. The summed E-state index contributed by atoms with van der Waals surface area (Å²) >= 11 is 0.